The number of hydrogen-bond acceptors (Lipinski definition) is 4. The van der Waals surface area contributed by atoms with E-state index in [1.54, 1.807) is 35.2 Å². The van der Waals surface area contributed by atoms with Crippen LogP contribution in [0.4, 0.5) is 0 Å². The van der Waals surface area contributed by atoms with Gasteiger partial charge in [-0.2, -0.15) is 0 Å². The van der Waals surface area contributed by atoms with E-state index in [0.717, 1.165) is 0 Å². The third kappa shape index (κ3) is 3.34. The standard InChI is InChI=1S/C18H13BrCl2N2O3/c19-16-12(8-11(20)9-13(16)21)17-22-14-7-10(1-2-15(14)26-17)18(24)23-3-5-25-6-4-23/h1-2,7-9H,3-6H2. The minimum atomic E-state index is -0.0354. The topological polar surface area (TPSA) is 55.6 Å². The zero-order valence-corrected chi connectivity index (χ0v) is 16.6. The molecule has 0 spiro atoms. The molecule has 0 unspecified atom stereocenters. The van der Waals surface area contributed by atoms with Gasteiger partial charge < -0.3 is 14.1 Å². The molecular weight excluding hydrogens is 443 g/mol. The Morgan fingerprint density at radius 1 is 1.15 bits per heavy atom. The van der Waals surface area contributed by atoms with E-state index in [1.807, 2.05) is 0 Å². The highest BCUT2D eigenvalue weighted by Gasteiger charge is 2.20. The summed E-state index contributed by atoms with van der Waals surface area (Å²) in [5.74, 6) is 0.346. The Bertz CT molecular complexity index is 1000. The number of fused-ring (bicyclic) bond motifs is 1. The van der Waals surface area contributed by atoms with Crippen LogP contribution in [0.3, 0.4) is 0 Å². The monoisotopic (exact) mass is 454 g/mol. The van der Waals surface area contributed by atoms with Gasteiger partial charge in [-0.25, -0.2) is 4.98 Å². The Balaban J connectivity index is 1.71. The SMILES string of the molecule is O=C(c1ccc2oc(-c3cc(Cl)cc(Cl)c3Br)nc2c1)N1CCOCC1. The van der Waals surface area contributed by atoms with E-state index in [2.05, 4.69) is 20.9 Å². The van der Waals surface area contributed by atoms with Gasteiger partial charge in [0.2, 0.25) is 5.89 Å². The molecule has 2 aromatic carbocycles. The molecule has 26 heavy (non-hydrogen) atoms. The molecule has 1 saturated heterocycles. The number of nitrogens with zero attached hydrogens (tertiary/aromatic N) is 2. The zero-order chi connectivity index (χ0) is 18.3. The number of carbonyl (C=O) groups is 1. The van der Waals surface area contributed by atoms with E-state index < -0.39 is 0 Å². The number of rotatable bonds is 2. The summed E-state index contributed by atoms with van der Waals surface area (Å²) in [5.41, 5.74) is 2.41. The first-order valence-corrected chi connectivity index (χ1v) is 9.50. The maximum absolute atomic E-state index is 12.6. The average molecular weight is 456 g/mol. The van der Waals surface area contributed by atoms with Gasteiger partial charge in [-0.15, -0.1) is 0 Å². The molecule has 1 amide bonds. The van der Waals surface area contributed by atoms with Crippen LogP contribution in [0.2, 0.25) is 10.0 Å². The fourth-order valence-electron chi connectivity index (χ4n) is 2.84. The van der Waals surface area contributed by atoms with Crippen molar-refractivity contribution in [1.29, 1.82) is 0 Å². The lowest BCUT2D eigenvalue weighted by Crippen LogP contribution is -2.40. The van der Waals surface area contributed by atoms with Crippen LogP contribution in [0.15, 0.2) is 39.2 Å². The first-order valence-electron chi connectivity index (χ1n) is 7.95. The normalized spacial score (nSPS) is 14.8. The van der Waals surface area contributed by atoms with Crippen molar-refractivity contribution < 1.29 is 13.9 Å². The van der Waals surface area contributed by atoms with Gasteiger partial charge in [0.15, 0.2) is 5.58 Å². The number of halogens is 3. The zero-order valence-electron chi connectivity index (χ0n) is 13.5. The predicted molar refractivity (Wildman–Crippen MR) is 104 cm³/mol. The maximum atomic E-state index is 12.6. The molecular formula is C18H13BrCl2N2O3. The second kappa shape index (κ2) is 7.19. The lowest BCUT2D eigenvalue weighted by molar-refractivity contribution is 0.0303. The Morgan fingerprint density at radius 3 is 2.69 bits per heavy atom. The fraction of sp³-hybridized carbons (Fsp3) is 0.222. The number of hydrogen-bond donors (Lipinski definition) is 0. The summed E-state index contributed by atoms with van der Waals surface area (Å²) in [7, 11) is 0. The molecule has 3 aromatic rings. The molecule has 0 N–H and O–H groups in total. The summed E-state index contributed by atoms with van der Waals surface area (Å²) in [4.78, 5) is 18.9. The van der Waals surface area contributed by atoms with Crippen molar-refractivity contribution in [2.24, 2.45) is 0 Å². The van der Waals surface area contributed by atoms with Crippen LogP contribution >= 0.6 is 39.1 Å². The molecule has 1 aliphatic heterocycles. The molecule has 0 bridgehead atoms. The first kappa shape index (κ1) is 17.8. The Labute approximate surface area is 168 Å². The minimum absolute atomic E-state index is 0.0354. The minimum Gasteiger partial charge on any atom is -0.436 e. The summed E-state index contributed by atoms with van der Waals surface area (Å²) in [6.07, 6.45) is 0. The van der Waals surface area contributed by atoms with E-state index in [9.17, 15) is 4.79 Å². The van der Waals surface area contributed by atoms with Crippen LogP contribution in [-0.2, 0) is 4.74 Å². The smallest absolute Gasteiger partial charge is 0.254 e. The lowest BCUT2D eigenvalue weighted by atomic mass is 10.1. The quantitative estimate of drug-likeness (QED) is 0.508. The van der Waals surface area contributed by atoms with Gasteiger partial charge in [0.1, 0.15) is 5.52 Å². The maximum Gasteiger partial charge on any atom is 0.254 e. The third-order valence-corrected chi connectivity index (χ3v) is 5.76. The van der Waals surface area contributed by atoms with Gasteiger partial charge in [0, 0.05) is 28.1 Å². The van der Waals surface area contributed by atoms with Crippen LogP contribution in [0, 0.1) is 0 Å². The van der Waals surface area contributed by atoms with Crippen molar-refractivity contribution in [1.82, 2.24) is 9.88 Å². The highest BCUT2D eigenvalue weighted by molar-refractivity contribution is 9.10. The largest absolute Gasteiger partial charge is 0.436 e. The van der Waals surface area contributed by atoms with Gasteiger partial charge in [-0.3, -0.25) is 4.79 Å². The van der Waals surface area contributed by atoms with Crippen molar-refractivity contribution in [3.05, 3.63) is 50.4 Å². The molecule has 0 aliphatic carbocycles. The molecule has 0 atom stereocenters. The first-order chi connectivity index (χ1) is 12.5. The Morgan fingerprint density at radius 2 is 1.92 bits per heavy atom. The summed E-state index contributed by atoms with van der Waals surface area (Å²) < 4.78 is 11.8. The molecule has 1 fully saturated rings. The summed E-state index contributed by atoms with van der Waals surface area (Å²) in [5, 5.41) is 0.955. The second-order valence-electron chi connectivity index (χ2n) is 5.86. The summed E-state index contributed by atoms with van der Waals surface area (Å²) in [6.45, 7) is 2.31. The van der Waals surface area contributed by atoms with Crippen LogP contribution in [0.5, 0.6) is 0 Å². The molecule has 0 saturated carbocycles. The van der Waals surface area contributed by atoms with E-state index in [4.69, 9.17) is 32.4 Å². The fourth-order valence-corrected chi connectivity index (χ4v) is 3.73. The average Bonchev–Trinajstić information content (AvgIpc) is 3.07. The van der Waals surface area contributed by atoms with Gasteiger partial charge in [0.25, 0.3) is 5.91 Å². The van der Waals surface area contributed by atoms with Gasteiger partial charge >= 0.3 is 0 Å². The molecule has 2 heterocycles. The molecule has 1 aromatic heterocycles. The molecule has 8 heteroatoms. The van der Waals surface area contributed by atoms with Crippen LogP contribution in [-0.4, -0.2) is 42.1 Å². The van der Waals surface area contributed by atoms with E-state index >= 15 is 0 Å². The molecule has 0 radical (unpaired) electrons. The van der Waals surface area contributed by atoms with E-state index in [1.165, 1.54) is 0 Å². The van der Waals surface area contributed by atoms with Crippen molar-refractivity contribution in [3.8, 4) is 11.5 Å². The number of benzene rings is 2. The second-order valence-corrected chi connectivity index (χ2v) is 7.49. The van der Waals surface area contributed by atoms with Crippen LogP contribution in [0.1, 0.15) is 10.4 Å². The highest BCUT2D eigenvalue weighted by Crippen LogP contribution is 2.37. The number of oxazole rings is 1. The van der Waals surface area contributed by atoms with Gasteiger partial charge in [0.05, 0.1) is 23.8 Å². The van der Waals surface area contributed by atoms with Crippen molar-refractivity contribution in [2.45, 2.75) is 0 Å². The summed E-state index contributed by atoms with van der Waals surface area (Å²) in [6, 6.07) is 8.59. The Hall–Kier alpha value is -1.60. The number of ether oxygens (including phenoxy) is 1. The molecule has 4 rings (SSSR count). The van der Waals surface area contributed by atoms with Gasteiger partial charge in [-0.05, 0) is 46.3 Å². The molecule has 1 aliphatic rings. The van der Waals surface area contributed by atoms with Crippen LogP contribution in [0.25, 0.3) is 22.6 Å². The Kier molecular flexibility index (Phi) is 4.92. The molecule has 134 valence electrons. The highest BCUT2D eigenvalue weighted by atomic mass is 79.9. The van der Waals surface area contributed by atoms with E-state index in [0.29, 0.717) is 68.9 Å². The van der Waals surface area contributed by atoms with Crippen LogP contribution < -0.4 is 0 Å². The number of amides is 1. The van der Waals surface area contributed by atoms with Gasteiger partial charge in [-0.1, -0.05) is 23.2 Å². The lowest BCUT2D eigenvalue weighted by Gasteiger charge is -2.26. The number of morpholine rings is 1. The third-order valence-electron chi connectivity index (χ3n) is 4.16. The molecule has 5 nitrogen and oxygen atoms in total. The van der Waals surface area contributed by atoms with Crippen molar-refractivity contribution in [2.75, 3.05) is 26.3 Å². The summed E-state index contributed by atoms with van der Waals surface area (Å²) >= 11 is 15.7. The number of carbonyl (C=O) groups excluding carboxylic acids is 1. The number of aromatic nitrogens is 1. The van der Waals surface area contributed by atoms with Crippen molar-refractivity contribution >= 4 is 56.1 Å². The predicted octanol–water partition coefficient (Wildman–Crippen LogP) is 5.04. The van der Waals surface area contributed by atoms with Crippen molar-refractivity contribution in [3.63, 3.8) is 0 Å². The van der Waals surface area contributed by atoms with E-state index in [-0.39, 0.29) is 5.91 Å².